The third-order valence-electron chi connectivity index (χ3n) is 9.16. The van der Waals surface area contributed by atoms with Gasteiger partial charge < -0.3 is 9.84 Å². The van der Waals surface area contributed by atoms with E-state index < -0.39 is 17.1 Å². The molecule has 0 aliphatic heterocycles. The van der Waals surface area contributed by atoms with Gasteiger partial charge in [0.05, 0.1) is 6.10 Å². The minimum atomic E-state index is -1.13. The Labute approximate surface area is 173 Å². The number of fused-ring (bicyclic) bond motifs is 5. The number of esters is 1. The van der Waals surface area contributed by atoms with Crippen molar-refractivity contribution < 1.29 is 24.2 Å². The molecule has 3 saturated carbocycles. The molecule has 1 N–H and O–H groups in total. The molecule has 0 spiro atoms. The van der Waals surface area contributed by atoms with Gasteiger partial charge in [0.15, 0.2) is 17.2 Å². The lowest BCUT2D eigenvalue weighted by molar-refractivity contribution is -0.200. The molecule has 4 aliphatic rings. The van der Waals surface area contributed by atoms with E-state index in [1.165, 1.54) is 12.5 Å². The topological polar surface area (TPSA) is 80.7 Å². The van der Waals surface area contributed by atoms with Gasteiger partial charge in [0.25, 0.3) is 0 Å². The van der Waals surface area contributed by atoms with Crippen LogP contribution in [0.2, 0.25) is 0 Å². The highest BCUT2D eigenvalue weighted by atomic mass is 16.6. The second kappa shape index (κ2) is 6.76. The van der Waals surface area contributed by atoms with Crippen molar-refractivity contribution >= 4 is 17.5 Å². The van der Waals surface area contributed by atoms with Crippen LogP contribution in [0.25, 0.3) is 0 Å². The zero-order valence-electron chi connectivity index (χ0n) is 18.1. The van der Waals surface area contributed by atoms with Crippen LogP contribution in [0.15, 0.2) is 11.6 Å². The molecule has 0 saturated heterocycles. The molecule has 5 heteroatoms. The van der Waals surface area contributed by atoms with Crippen LogP contribution in [0.1, 0.15) is 79.1 Å². The smallest absolute Gasteiger partial charge is 0.306 e. The van der Waals surface area contributed by atoms with Gasteiger partial charge in [0.1, 0.15) is 0 Å². The van der Waals surface area contributed by atoms with Crippen molar-refractivity contribution in [2.24, 2.45) is 28.6 Å². The number of aliphatic hydroxyl groups excluding tert-OH is 1. The molecule has 5 nitrogen and oxygen atoms in total. The Morgan fingerprint density at radius 2 is 1.93 bits per heavy atom. The van der Waals surface area contributed by atoms with E-state index in [0.717, 1.165) is 25.7 Å². The molecule has 0 heterocycles. The highest BCUT2D eigenvalue weighted by Gasteiger charge is 2.69. The van der Waals surface area contributed by atoms with E-state index in [0.29, 0.717) is 19.3 Å². The van der Waals surface area contributed by atoms with Crippen LogP contribution in [0.5, 0.6) is 0 Å². The largest absolute Gasteiger partial charge is 0.450 e. The maximum atomic E-state index is 12.9. The second-order valence-electron chi connectivity index (χ2n) is 10.3. The van der Waals surface area contributed by atoms with Gasteiger partial charge in [0.2, 0.25) is 0 Å². The summed E-state index contributed by atoms with van der Waals surface area (Å²) in [5.74, 6) is 0.375. The minimum Gasteiger partial charge on any atom is -0.450 e. The van der Waals surface area contributed by atoms with Gasteiger partial charge >= 0.3 is 5.97 Å². The van der Waals surface area contributed by atoms with Crippen molar-refractivity contribution in [3.8, 4) is 0 Å². The van der Waals surface area contributed by atoms with Crippen LogP contribution in [-0.2, 0) is 19.1 Å². The van der Waals surface area contributed by atoms with Crippen LogP contribution in [0, 0.1) is 28.6 Å². The van der Waals surface area contributed by atoms with Crippen LogP contribution in [-0.4, -0.2) is 34.3 Å². The Bertz CT molecular complexity index is 784. The molecule has 29 heavy (non-hydrogen) atoms. The Balaban J connectivity index is 1.74. The summed E-state index contributed by atoms with van der Waals surface area (Å²) < 4.78 is 5.90. The van der Waals surface area contributed by atoms with Crippen molar-refractivity contribution in [2.45, 2.75) is 90.8 Å². The molecule has 0 aromatic rings. The highest BCUT2D eigenvalue weighted by Crippen LogP contribution is 2.68. The summed E-state index contributed by atoms with van der Waals surface area (Å²) >= 11 is 0. The van der Waals surface area contributed by atoms with E-state index >= 15 is 0 Å². The van der Waals surface area contributed by atoms with Gasteiger partial charge in [-0.1, -0.05) is 26.3 Å². The Hall–Kier alpha value is -1.49. The number of hydrogen-bond donors (Lipinski definition) is 1. The van der Waals surface area contributed by atoms with E-state index in [9.17, 15) is 19.5 Å². The quantitative estimate of drug-likeness (QED) is 0.727. The van der Waals surface area contributed by atoms with Crippen LogP contribution in [0.3, 0.4) is 0 Å². The van der Waals surface area contributed by atoms with Gasteiger partial charge in [-0.2, -0.15) is 0 Å². The predicted octanol–water partition coefficient (Wildman–Crippen LogP) is 3.77. The molecule has 7 atom stereocenters. The number of ether oxygens (including phenoxy) is 1. The van der Waals surface area contributed by atoms with Gasteiger partial charge in [-0.25, -0.2) is 0 Å². The van der Waals surface area contributed by atoms with E-state index in [4.69, 9.17) is 4.74 Å². The lowest BCUT2D eigenvalue weighted by atomic mass is 9.45. The maximum absolute atomic E-state index is 12.9. The van der Waals surface area contributed by atoms with E-state index in [1.807, 2.05) is 6.08 Å². The molecular formula is C24H34O5. The number of allylic oxidation sites excluding steroid dienone is 1. The van der Waals surface area contributed by atoms with E-state index in [1.54, 1.807) is 6.92 Å². The standard InChI is InChI=1S/C24H34O5/c1-5-20(28)29-24(14(2)25)11-9-18-17-7-6-15-12-16(26)8-10-22(15,3)21(17)19(27)13-23(18,24)4/h12,17-19,21,27H,5-11,13H2,1-4H3/t17-,18-,19-,21+,22-,23-,24-/m0/s1. The normalized spacial score (nSPS) is 46.2. The van der Waals surface area contributed by atoms with Crippen LogP contribution in [0.4, 0.5) is 0 Å². The predicted molar refractivity (Wildman–Crippen MR) is 108 cm³/mol. The number of rotatable bonds is 3. The zero-order valence-corrected chi connectivity index (χ0v) is 18.1. The van der Waals surface area contributed by atoms with Crippen molar-refractivity contribution in [3.05, 3.63) is 11.6 Å². The fourth-order valence-corrected chi connectivity index (χ4v) is 7.76. The summed E-state index contributed by atoms with van der Waals surface area (Å²) in [4.78, 5) is 37.1. The van der Waals surface area contributed by atoms with Crippen LogP contribution >= 0.6 is 0 Å². The van der Waals surface area contributed by atoms with Crippen molar-refractivity contribution in [1.29, 1.82) is 0 Å². The first kappa shape index (κ1) is 20.8. The molecule has 0 radical (unpaired) electrons. The molecule has 0 aromatic carbocycles. The van der Waals surface area contributed by atoms with Gasteiger partial charge in [-0.05, 0) is 74.7 Å². The SMILES string of the molecule is CCC(=O)O[C@]1(C(C)=O)CC[C@H]2[C@@H]3CCC4=CC(=O)CC[C@]4(C)[C@H]3[C@@H](O)C[C@@]21C. The molecule has 0 amide bonds. The molecular weight excluding hydrogens is 368 g/mol. The average Bonchev–Trinajstić information content (AvgIpc) is 2.94. The second-order valence-corrected chi connectivity index (χ2v) is 10.3. The monoisotopic (exact) mass is 402 g/mol. The Morgan fingerprint density at radius 3 is 2.59 bits per heavy atom. The third-order valence-corrected chi connectivity index (χ3v) is 9.16. The van der Waals surface area contributed by atoms with Crippen molar-refractivity contribution in [2.75, 3.05) is 0 Å². The third kappa shape index (κ3) is 2.72. The Morgan fingerprint density at radius 1 is 1.21 bits per heavy atom. The van der Waals surface area contributed by atoms with Crippen molar-refractivity contribution in [1.82, 2.24) is 0 Å². The molecule has 160 valence electrons. The average molecular weight is 403 g/mol. The molecule has 0 aromatic heterocycles. The van der Waals surface area contributed by atoms with Gasteiger partial charge in [-0.3, -0.25) is 14.4 Å². The molecule has 0 unspecified atom stereocenters. The lowest BCUT2D eigenvalue weighted by Crippen LogP contribution is -2.62. The first-order valence-electron chi connectivity index (χ1n) is 11.2. The zero-order chi connectivity index (χ0) is 21.2. The summed E-state index contributed by atoms with van der Waals surface area (Å²) in [6, 6.07) is 0. The number of hydrogen-bond acceptors (Lipinski definition) is 5. The summed E-state index contributed by atoms with van der Waals surface area (Å²) in [5, 5.41) is 11.4. The summed E-state index contributed by atoms with van der Waals surface area (Å²) in [6.45, 7) is 7.56. The molecule has 4 rings (SSSR count). The minimum absolute atomic E-state index is 0.0957. The number of aliphatic hydroxyl groups is 1. The highest BCUT2D eigenvalue weighted by molar-refractivity contribution is 5.92. The molecule has 3 fully saturated rings. The number of carbonyl (C=O) groups is 3. The van der Waals surface area contributed by atoms with Gasteiger partial charge in [0, 0.05) is 18.3 Å². The first-order chi connectivity index (χ1) is 13.6. The van der Waals surface area contributed by atoms with Crippen molar-refractivity contribution in [3.63, 3.8) is 0 Å². The first-order valence-corrected chi connectivity index (χ1v) is 11.2. The molecule has 4 aliphatic carbocycles. The summed E-state index contributed by atoms with van der Waals surface area (Å²) in [6.07, 6.45) is 6.50. The summed E-state index contributed by atoms with van der Waals surface area (Å²) in [5.41, 5.74) is -0.632. The van der Waals surface area contributed by atoms with E-state index in [2.05, 4.69) is 13.8 Å². The van der Waals surface area contributed by atoms with E-state index in [-0.39, 0.29) is 47.1 Å². The Kier molecular flexibility index (Phi) is 4.84. The number of carbonyl (C=O) groups excluding carboxylic acids is 3. The fraction of sp³-hybridized carbons (Fsp3) is 0.792. The lowest BCUT2D eigenvalue weighted by Gasteiger charge is -2.60. The summed E-state index contributed by atoms with van der Waals surface area (Å²) in [7, 11) is 0. The van der Waals surface area contributed by atoms with Crippen LogP contribution < -0.4 is 0 Å². The number of Topliss-reactive ketones (excluding diaryl/α,β-unsaturated/α-hetero) is 1. The molecule has 0 bridgehead atoms. The maximum Gasteiger partial charge on any atom is 0.306 e. The number of ketones is 2. The van der Waals surface area contributed by atoms with Gasteiger partial charge in [-0.15, -0.1) is 0 Å². The fourth-order valence-electron chi connectivity index (χ4n) is 7.76.